The highest BCUT2D eigenvalue weighted by atomic mass is 35.5. The number of aromatic nitrogens is 3. The summed E-state index contributed by atoms with van der Waals surface area (Å²) in [6.45, 7) is 4.49. The zero-order valence-corrected chi connectivity index (χ0v) is 17.6. The van der Waals surface area contributed by atoms with E-state index >= 15 is 0 Å². The van der Waals surface area contributed by atoms with Crippen LogP contribution in [0.15, 0.2) is 53.9 Å². The maximum atomic E-state index is 14.8. The van der Waals surface area contributed by atoms with Crippen molar-refractivity contribution in [2.75, 3.05) is 5.75 Å². The van der Waals surface area contributed by atoms with Gasteiger partial charge in [0, 0.05) is 28.0 Å². The molecule has 8 heteroatoms. The van der Waals surface area contributed by atoms with Crippen LogP contribution in [0.1, 0.15) is 31.1 Å². The molecule has 152 valence electrons. The van der Waals surface area contributed by atoms with Crippen LogP contribution in [0.5, 0.6) is 0 Å². The van der Waals surface area contributed by atoms with Crippen molar-refractivity contribution in [2.24, 2.45) is 5.92 Å². The SMILES string of the molecule is CC(C)CSc1ncnn1C[C@@]1(c2ccc(F)cc2F)O[C@H]1c1ccccc1Cl. The van der Waals surface area contributed by atoms with Gasteiger partial charge < -0.3 is 4.74 Å². The minimum atomic E-state index is -1.04. The third-order valence-corrected chi connectivity index (χ3v) is 6.53. The largest absolute Gasteiger partial charge is 0.354 e. The topological polar surface area (TPSA) is 43.2 Å². The standard InChI is InChI=1S/C21H20ClF2N3OS/c1-13(2)10-29-20-25-12-26-27(20)11-21(16-8-7-14(23)9-18(16)24)19(28-21)15-5-3-4-6-17(15)22/h3-9,12-13,19H,10-11H2,1-2H3/t19-,21-/m0/s1. The Morgan fingerprint density at radius 3 is 2.76 bits per heavy atom. The quantitative estimate of drug-likeness (QED) is 0.356. The predicted molar refractivity (Wildman–Crippen MR) is 109 cm³/mol. The zero-order chi connectivity index (χ0) is 20.6. The van der Waals surface area contributed by atoms with Gasteiger partial charge in [-0.1, -0.05) is 61.5 Å². The summed E-state index contributed by atoms with van der Waals surface area (Å²) >= 11 is 7.95. The van der Waals surface area contributed by atoms with E-state index in [4.69, 9.17) is 16.3 Å². The number of benzene rings is 2. The molecule has 1 fully saturated rings. The molecule has 4 nitrogen and oxygen atoms in total. The number of nitrogens with zero attached hydrogens (tertiary/aromatic N) is 3. The maximum absolute atomic E-state index is 14.8. The van der Waals surface area contributed by atoms with E-state index in [2.05, 4.69) is 23.9 Å². The van der Waals surface area contributed by atoms with Gasteiger partial charge in [0.05, 0.1) is 6.54 Å². The van der Waals surface area contributed by atoms with Gasteiger partial charge in [-0.25, -0.2) is 18.4 Å². The van der Waals surface area contributed by atoms with Crippen molar-refractivity contribution in [2.45, 2.75) is 37.3 Å². The third-order valence-electron chi connectivity index (χ3n) is 4.78. The highest BCUT2D eigenvalue weighted by Gasteiger charge is 2.61. The molecule has 29 heavy (non-hydrogen) atoms. The number of hydrogen-bond donors (Lipinski definition) is 0. The summed E-state index contributed by atoms with van der Waals surface area (Å²) in [7, 11) is 0. The van der Waals surface area contributed by atoms with Gasteiger partial charge >= 0.3 is 0 Å². The van der Waals surface area contributed by atoms with E-state index < -0.39 is 23.3 Å². The Morgan fingerprint density at radius 1 is 1.24 bits per heavy atom. The third kappa shape index (κ3) is 4.04. The first kappa shape index (κ1) is 20.3. The van der Waals surface area contributed by atoms with Crippen molar-refractivity contribution in [3.63, 3.8) is 0 Å². The Labute approximate surface area is 177 Å². The van der Waals surface area contributed by atoms with Crippen LogP contribution in [0, 0.1) is 17.6 Å². The predicted octanol–water partition coefficient (Wildman–Crippen LogP) is 5.62. The van der Waals surface area contributed by atoms with Crippen molar-refractivity contribution < 1.29 is 13.5 Å². The molecule has 2 atom stereocenters. The molecule has 2 heterocycles. The molecule has 0 aliphatic carbocycles. The summed E-state index contributed by atoms with van der Waals surface area (Å²) in [5, 5.41) is 5.59. The van der Waals surface area contributed by atoms with E-state index in [-0.39, 0.29) is 12.1 Å². The van der Waals surface area contributed by atoms with Crippen LogP contribution in [0.2, 0.25) is 5.02 Å². The van der Waals surface area contributed by atoms with Gasteiger partial charge in [-0.2, -0.15) is 5.10 Å². The average molecular weight is 436 g/mol. The van der Waals surface area contributed by atoms with Gasteiger partial charge in [-0.15, -0.1) is 0 Å². The summed E-state index contributed by atoms with van der Waals surface area (Å²) in [4.78, 5) is 4.33. The van der Waals surface area contributed by atoms with Crippen LogP contribution in [0.3, 0.4) is 0 Å². The lowest BCUT2D eigenvalue weighted by Crippen LogP contribution is -2.22. The van der Waals surface area contributed by atoms with Crippen LogP contribution >= 0.6 is 23.4 Å². The zero-order valence-electron chi connectivity index (χ0n) is 16.0. The number of epoxide rings is 1. The van der Waals surface area contributed by atoms with Gasteiger partial charge in [0.2, 0.25) is 0 Å². The van der Waals surface area contributed by atoms with Gasteiger partial charge in [0.1, 0.15) is 29.7 Å². The fraction of sp³-hybridized carbons (Fsp3) is 0.333. The number of ether oxygens (including phenoxy) is 1. The average Bonchev–Trinajstić information content (AvgIpc) is 3.20. The van der Waals surface area contributed by atoms with E-state index in [0.717, 1.165) is 22.5 Å². The van der Waals surface area contributed by atoms with Crippen LogP contribution in [-0.4, -0.2) is 20.5 Å². The molecule has 1 saturated heterocycles. The molecule has 1 aliphatic rings. The number of hydrogen-bond acceptors (Lipinski definition) is 4. The van der Waals surface area contributed by atoms with Gasteiger partial charge in [-0.3, -0.25) is 0 Å². The molecule has 2 aromatic carbocycles. The first-order valence-electron chi connectivity index (χ1n) is 9.29. The van der Waals surface area contributed by atoms with E-state index in [1.807, 2.05) is 18.2 Å². The maximum Gasteiger partial charge on any atom is 0.186 e. The lowest BCUT2D eigenvalue weighted by atomic mass is 9.91. The molecule has 4 rings (SSSR count). The lowest BCUT2D eigenvalue weighted by Gasteiger charge is -2.17. The second-order valence-corrected chi connectivity index (χ2v) is 8.83. The normalized spacial score (nSPS) is 21.0. The fourth-order valence-corrected chi connectivity index (χ4v) is 4.46. The van der Waals surface area contributed by atoms with Crippen molar-refractivity contribution in [1.29, 1.82) is 0 Å². The second-order valence-electron chi connectivity index (χ2n) is 7.44. The first-order chi connectivity index (χ1) is 13.9. The highest BCUT2D eigenvalue weighted by Crippen LogP contribution is 2.59. The van der Waals surface area contributed by atoms with Crippen LogP contribution in [0.4, 0.5) is 8.78 Å². The van der Waals surface area contributed by atoms with Gasteiger partial charge in [-0.05, 0) is 18.1 Å². The van der Waals surface area contributed by atoms with Crippen LogP contribution in [0.25, 0.3) is 0 Å². The van der Waals surface area contributed by atoms with E-state index in [0.29, 0.717) is 10.9 Å². The molecule has 1 aliphatic heterocycles. The first-order valence-corrected chi connectivity index (χ1v) is 10.7. The van der Waals surface area contributed by atoms with Crippen molar-refractivity contribution in [3.05, 3.63) is 76.6 Å². The second kappa shape index (κ2) is 8.05. The Kier molecular flexibility index (Phi) is 5.64. The molecule has 0 unspecified atom stereocenters. The molecule has 0 spiro atoms. The molecule has 0 saturated carbocycles. The lowest BCUT2D eigenvalue weighted by molar-refractivity contribution is 0.250. The van der Waals surface area contributed by atoms with Crippen molar-refractivity contribution >= 4 is 23.4 Å². The summed E-state index contributed by atoms with van der Waals surface area (Å²) in [5.41, 5.74) is -0.00241. The Hall–Kier alpha value is -1.96. The Balaban J connectivity index is 1.72. The molecule has 0 bridgehead atoms. The molecule has 3 aromatic rings. The molecular weight excluding hydrogens is 416 g/mol. The molecule has 0 radical (unpaired) electrons. The molecule has 1 aromatic heterocycles. The summed E-state index contributed by atoms with van der Waals surface area (Å²) in [6.07, 6.45) is 1.01. The van der Waals surface area contributed by atoms with Crippen molar-refractivity contribution in [3.8, 4) is 0 Å². The molecular formula is C21H20ClF2N3OS. The van der Waals surface area contributed by atoms with E-state index in [1.54, 1.807) is 22.5 Å². The number of rotatable bonds is 7. The Bertz CT molecular complexity index is 1030. The van der Waals surface area contributed by atoms with E-state index in [9.17, 15) is 8.78 Å². The highest BCUT2D eigenvalue weighted by molar-refractivity contribution is 7.99. The summed E-state index contributed by atoms with van der Waals surface area (Å²) in [6, 6.07) is 10.8. The fourth-order valence-electron chi connectivity index (χ4n) is 3.36. The van der Waals surface area contributed by atoms with Gasteiger partial charge in [0.15, 0.2) is 5.16 Å². The monoisotopic (exact) mass is 435 g/mol. The molecule has 0 N–H and O–H groups in total. The van der Waals surface area contributed by atoms with Gasteiger partial charge in [0.25, 0.3) is 0 Å². The number of halogens is 3. The summed E-state index contributed by atoms with van der Waals surface area (Å²) in [5.74, 6) is 0.0776. The Morgan fingerprint density at radius 2 is 2.03 bits per heavy atom. The molecule has 0 amide bonds. The summed E-state index contributed by atoms with van der Waals surface area (Å²) < 4.78 is 36.1. The van der Waals surface area contributed by atoms with Crippen LogP contribution < -0.4 is 0 Å². The van der Waals surface area contributed by atoms with E-state index in [1.165, 1.54) is 18.5 Å². The smallest absolute Gasteiger partial charge is 0.186 e. The van der Waals surface area contributed by atoms with Crippen LogP contribution in [-0.2, 0) is 16.9 Å². The number of thioether (sulfide) groups is 1. The minimum absolute atomic E-state index is 0.242. The minimum Gasteiger partial charge on any atom is -0.354 e. The van der Waals surface area contributed by atoms with Crippen molar-refractivity contribution in [1.82, 2.24) is 14.8 Å².